The number of carbonyl (C=O) groups is 4. The van der Waals surface area contributed by atoms with E-state index in [1.54, 1.807) is 20.8 Å². The predicted octanol–water partition coefficient (Wildman–Crippen LogP) is -0.628. The molecular formula is C24H36O13. The molecule has 0 amide bonds. The molecule has 0 bridgehead atoms. The highest BCUT2D eigenvalue weighted by molar-refractivity contribution is 5.82. The van der Waals surface area contributed by atoms with Crippen LogP contribution in [0.2, 0.25) is 0 Å². The number of esters is 4. The summed E-state index contributed by atoms with van der Waals surface area (Å²) in [5.41, 5.74) is 0. The minimum atomic E-state index is -1.41. The number of carbonyl (C=O) groups excluding carboxylic acids is 4. The fourth-order valence-corrected chi connectivity index (χ4v) is 2.23. The van der Waals surface area contributed by atoms with E-state index in [0.717, 1.165) is 12.2 Å². The van der Waals surface area contributed by atoms with Gasteiger partial charge in [-0.2, -0.15) is 0 Å². The number of hydrogen-bond acceptors (Lipinski definition) is 13. The van der Waals surface area contributed by atoms with E-state index in [-0.39, 0.29) is 13.2 Å². The molecule has 0 saturated heterocycles. The van der Waals surface area contributed by atoms with Gasteiger partial charge in [0.2, 0.25) is 0 Å². The number of ether oxygens (including phenoxy) is 6. The van der Waals surface area contributed by atoms with Crippen molar-refractivity contribution < 1.29 is 62.9 Å². The Labute approximate surface area is 215 Å². The van der Waals surface area contributed by atoms with Crippen molar-refractivity contribution in [3.63, 3.8) is 0 Å². The smallest absolute Gasteiger partial charge is 0.337 e. The lowest BCUT2D eigenvalue weighted by molar-refractivity contribution is -0.170. The van der Waals surface area contributed by atoms with E-state index in [2.05, 4.69) is 0 Å². The Morgan fingerprint density at radius 1 is 0.568 bits per heavy atom. The van der Waals surface area contributed by atoms with Crippen molar-refractivity contribution in [2.75, 3.05) is 46.2 Å². The fourth-order valence-electron chi connectivity index (χ4n) is 2.23. The Bertz CT molecular complexity index is 775. The fraction of sp³-hybridized carbons (Fsp3) is 0.583. The highest BCUT2D eigenvalue weighted by atomic mass is 16.6. The first-order chi connectivity index (χ1) is 17.6. The second-order valence-corrected chi connectivity index (χ2v) is 7.34. The molecule has 0 heterocycles. The Morgan fingerprint density at radius 3 is 1.38 bits per heavy atom. The summed E-state index contributed by atoms with van der Waals surface area (Å²) in [4.78, 5) is 46.4. The number of hydrogen-bond donors (Lipinski definition) is 3. The Morgan fingerprint density at radius 2 is 0.946 bits per heavy atom. The molecule has 4 atom stereocenters. The molecule has 0 saturated carbocycles. The van der Waals surface area contributed by atoms with E-state index in [1.807, 2.05) is 0 Å². The third-order valence-electron chi connectivity index (χ3n) is 3.91. The van der Waals surface area contributed by atoms with Gasteiger partial charge in [-0.3, -0.25) is 0 Å². The van der Waals surface area contributed by atoms with Crippen LogP contribution in [0.1, 0.15) is 20.8 Å². The number of allylic oxidation sites excluding steroid dienone is 3. The molecule has 0 aliphatic rings. The molecule has 0 aliphatic carbocycles. The lowest BCUT2D eigenvalue weighted by Gasteiger charge is -2.20. The van der Waals surface area contributed by atoms with E-state index in [1.165, 1.54) is 24.3 Å². The molecule has 0 aliphatic heterocycles. The van der Waals surface area contributed by atoms with Gasteiger partial charge in [0, 0.05) is 18.2 Å². The number of aliphatic hydroxyl groups excluding tert-OH is 3. The van der Waals surface area contributed by atoms with Crippen LogP contribution in [0.3, 0.4) is 0 Å². The second-order valence-electron chi connectivity index (χ2n) is 7.34. The summed E-state index contributed by atoms with van der Waals surface area (Å²) < 4.78 is 29.9. The lowest BCUT2D eigenvalue weighted by atomic mass is 10.3. The van der Waals surface area contributed by atoms with E-state index in [4.69, 9.17) is 28.4 Å². The van der Waals surface area contributed by atoms with Gasteiger partial charge in [0.1, 0.15) is 44.7 Å². The van der Waals surface area contributed by atoms with E-state index >= 15 is 0 Å². The SMILES string of the molecule is CC=CC(=O)OCC(O)COCC(OCC(O)COC(=O)C=CC)C(=O)OCC(O)COC(=O)C=CC. The molecule has 0 spiro atoms. The van der Waals surface area contributed by atoms with Gasteiger partial charge in [0.25, 0.3) is 0 Å². The molecule has 0 aromatic carbocycles. The van der Waals surface area contributed by atoms with Gasteiger partial charge in [-0.25, -0.2) is 19.2 Å². The summed E-state index contributed by atoms with van der Waals surface area (Å²) in [5, 5.41) is 29.7. The van der Waals surface area contributed by atoms with Crippen LogP contribution < -0.4 is 0 Å². The molecule has 0 rings (SSSR count). The van der Waals surface area contributed by atoms with Crippen molar-refractivity contribution in [2.24, 2.45) is 0 Å². The highest BCUT2D eigenvalue weighted by Gasteiger charge is 2.25. The highest BCUT2D eigenvalue weighted by Crippen LogP contribution is 2.03. The summed E-state index contributed by atoms with van der Waals surface area (Å²) in [6.07, 6.45) is 2.66. The maximum Gasteiger partial charge on any atom is 0.337 e. The van der Waals surface area contributed by atoms with Gasteiger partial charge in [-0.15, -0.1) is 0 Å². The Hall–Kier alpha value is -3.10. The molecule has 0 radical (unpaired) electrons. The third-order valence-corrected chi connectivity index (χ3v) is 3.91. The quantitative estimate of drug-likeness (QED) is 0.109. The largest absolute Gasteiger partial charge is 0.461 e. The van der Waals surface area contributed by atoms with Gasteiger partial charge in [-0.1, -0.05) is 18.2 Å². The van der Waals surface area contributed by atoms with Gasteiger partial charge in [0.15, 0.2) is 6.10 Å². The van der Waals surface area contributed by atoms with Crippen LogP contribution >= 0.6 is 0 Å². The molecule has 210 valence electrons. The topological polar surface area (TPSA) is 184 Å². The maximum absolute atomic E-state index is 12.4. The van der Waals surface area contributed by atoms with Crippen LogP contribution in [0.5, 0.6) is 0 Å². The summed E-state index contributed by atoms with van der Waals surface area (Å²) in [7, 11) is 0. The molecule has 37 heavy (non-hydrogen) atoms. The third kappa shape index (κ3) is 18.8. The van der Waals surface area contributed by atoms with Gasteiger partial charge in [-0.05, 0) is 20.8 Å². The van der Waals surface area contributed by atoms with Crippen molar-refractivity contribution in [1.82, 2.24) is 0 Å². The molecule has 0 aromatic rings. The van der Waals surface area contributed by atoms with Crippen molar-refractivity contribution >= 4 is 23.9 Å². The molecule has 13 heteroatoms. The predicted molar refractivity (Wildman–Crippen MR) is 127 cm³/mol. The normalized spacial score (nSPS) is 14.9. The minimum Gasteiger partial charge on any atom is -0.461 e. The summed E-state index contributed by atoms with van der Waals surface area (Å²) in [6, 6.07) is 0. The number of rotatable bonds is 19. The molecule has 0 fully saturated rings. The monoisotopic (exact) mass is 532 g/mol. The Balaban J connectivity index is 4.79. The maximum atomic E-state index is 12.4. The van der Waals surface area contributed by atoms with Crippen molar-refractivity contribution in [1.29, 1.82) is 0 Å². The summed E-state index contributed by atoms with van der Waals surface area (Å²) >= 11 is 0. The van der Waals surface area contributed by atoms with E-state index in [9.17, 15) is 34.5 Å². The van der Waals surface area contributed by atoms with Crippen LogP contribution in [0.15, 0.2) is 36.5 Å². The zero-order valence-corrected chi connectivity index (χ0v) is 21.1. The molecule has 3 N–H and O–H groups in total. The van der Waals surface area contributed by atoms with Crippen LogP contribution in [0.4, 0.5) is 0 Å². The average molecular weight is 533 g/mol. The molecule has 13 nitrogen and oxygen atoms in total. The van der Waals surface area contributed by atoms with Crippen LogP contribution in [-0.2, 0) is 47.6 Å². The van der Waals surface area contributed by atoms with Gasteiger partial charge in [0.05, 0.1) is 19.8 Å². The van der Waals surface area contributed by atoms with Crippen LogP contribution in [0.25, 0.3) is 0 Å². The average Bonchev–Trinajstić information content (AvgIpc) is 2.86. The van der Waals surface area contributed by atoms with Crippen molar-refractivity contribution in [3.05, 3.63) is 36.5 Å². The standard InChI is InChI=1S/C24H36O13/c1-4-7-21(28)34-12-17(25)10-32-16-20(33-11-18(26)13-35-22(29)8-5-2)24(31)37-15-19(27)14-36-23(30)9-6-3/h4-9,17-20,25-27H,10-16H2,1-3H3. The first-order valence-electron chi connectivity index (χ1n) is 11.4. The minimum absolute atomic E-state index is 0.330. The molecule has 4 unspecified atom stereocenters. The second kappa shape index (κ2) is 21.0. The Kier molecular flexibility index (Phi) is 19.3. The summed E-state index contributed by atoms with van der Waals surface area (Å²) in [5.74, 6) is -2.98. The molecule has 0 aromatic heterocycles. The first-order valence-corrected chi connectivity index (χ1v) is 11.4. The zero-order valence-electron chi connectivity index (χ0n) is 21.1. The van der Waals surface area contributed by atoms with Crippen LogP contribution in [-0.4, -0.2) is 110 Å². The lowest BCUT2D eigenvalue weighted by Crippen LogP contribution is -2.38. The van der Waals surface area contributed by atoms with E-state index in [0.29, 0.717) is 0 Å². The van der Waals surface area contributed by atoms with Crippen LogP contribution in [0, 0.1) is 0 Å². The van der Waals surface area contributed by atoms with Crippen molar-refractivity contribution in [2.45, 2.75) is 45.2 Å². The molecular weight excluding hydrogens is 496 g/mol. The van der Waals surface area contributed by atoms with E-state index < -0.39 is 81.3 Å². The zero-order chi connectivity index (χ0) is 28.1. The first kappa shape index (κ1) is 33.9. The van der Waals surface area contributed by atoms with Gasteiger partial charge < -0.3 is 43.7 Å². The number of aliphatic hydroxyl groups is 3. The summed E-state index contributed by atoms with van der Waals surface area (Å²) in [6.45, 7) is 1.93. The van der Waals surface area contributed by atoms with Crippen molar-refractivity contribution in [3.8, 4) is 0 Å². The van der Waals surface area contributed by atoms with Gasteiger partial charge >= 0.3 is 23.9 Å².